The Balaban J connectivity index is 1.55. The maximum atomic E-state index is 12.1. The molecule has 1 saturated carbocycles. The number of rotatable bonds is 6. The topological polar surface area (TPSA) is 53.2 Å². The molecule has 1 aromatic carbocycles. The normalized spacial score (nSPS) is 22.8. The third-order valence-corrected chi connectivity index (χ3v) is 4.25. The van der Waals surface area contributed by atoms with Crippen LogP contribution in [0, 0.1) is 0 Å². The minimum atomic E-state index is 0.0475. The van der Waals surface area contributed by atoms with Crippen LogP contribution in [-0.2, 0) is 0 Å². The molecule has 2 unspecified atom stereocenters. The number of benzene rings is 1. The van der Waals surface area contributed by atoms with Gasteiger partial charge in [-0.25, -0.2) is 0 Å². The van der Waals surface area contributed by atoms with Crippen molar-refractivity contribution in [2.24, 2.45) is 0 Å². The molecule has 4 heteroatoms. The van der Waals surface area contributed by atoms with Crippen LogP contribution in [0.1, 0.15) is 49.4 Å². The molecule has 114 valence electrons. The quantitative estimate of drug-likeness (QED) is 0.753. The van der Waals surface area contributed by atoms with Crippen LogP contribution in [0.4, 0.5) is 5.69 Å². The molecule has 0 bridgehead atoms. The Kier molecular flexibility index (Phi) is 4.44. The molecule has 1 amide bonds. The molecule has 1 saturated heterocycles. The summed E-state index contributed by atoms with van der Waals surface area (Å²) in [7, 11) is 0. The lowest BCUT2D eigenvalue weighted by Crippen LogP contribution is -2.29. The van der Waals surface area contributed by atoms with Gasteiger partial charge in [-0.2, -0.15) is 0 Å². The van der Waals surface area contributed by atoms with Gasteiger partial charge < -0.3 is 16.0 Å². The van der Waals surface area contributed by atoms with Crippen molar-refractivity contribution in [1.29, 1.82) is 0 Å². The van der Waals surface area contributed by atoms with Crippen molar-refractivity contribution in [3.05, 3.63) is 29.8 Å². The lowest BCUT2D eigenvalue weighted by Gasteiger charge is -2.19. The van der Waals surface area contributed by atoms with Crippen LogP contribution >= 0.6 is 0 Å². The Morgan fingerprint density at radius 2 is 2.24 bits per heavy atom. The number of carbonyl (C=O) groups excluding carboxylic acids is 1. The van der Waals surface area contributed by atoms with E-state index in [-0.39, 0.29) is 5.91 Å². The van der Waals surface area contributed by atoms with Crippen LogP contribution in [0.2, 0.25) is 0 Å². The summed E-state index contributed by atoms with van der Waals surface area (Å²) in [4.78, 5) is 12.1. The second-order valence-corrected chi connectivity index (χ2v) is 6.40. The lowest BCUT2D eigenvalue weighted by molar-refractivity contribution is 0.0951. The van der Waals surface area contributed by atoms with Crippen LogP contribution in [-0.4, -0.2) is 30.6 Å². The van der Waals surface area contributed by atoms with Gasteiger partial charge in [-0.05, 0) is 63.8 Å². The standard InChI is InChI=1S/C17H25N3O/c1-12(10-15-6-3-9-18-15)19-16-5-2-4-13(11-16)17(21)20-14-7-8-14/h2,4-5,11-12,14-15,18-19H,3,6-10H2,1H3,(H,20,21). The maximum absolute atomic E-state index is 12.1. The highest BCUT2D eigenvalue weighted by Crippen LogP contribution is 2.20. The number of amides is 1. The first kappa shape index (κ1) is 14.4. The van der Waals surface area contributed by atoms with E-state index in [0.717, 1.165) is 37.1 Å². The molecule has 2 aliphatic rings. The zero-order valence-corrected chi connectivity index (χ0v) is 12.7. The van der Waals surface area contributed by atoms with Gasteiger partial charge in [-0.3, -0.25) is 4.79 Å². The van der Waals surface area contributed by atoms with Crippen LogP contribution in [0.5, 0.6) is 0 Å². The summed E-state index contributed by atoms with van der Waals surface area (Å²) in [5, 5.41) is 10.1. The Morgan fingerprint density at radius 3 is 2.95 bits per heavy atom. The monoisotopic (exact) mass is 287 g/mol. The van der Waals surface area contributed by atoms with E-state index >= 15 is 0 Å². The van der Waals surface area contributed by atoms with Gasteiger partial charge in [0.1, 0.15) is 0 Å². The summed E-state index contributed by atoms with van der Waals surface area (Å²) < 4.78 is 0. The Hall–Kier alpha value is -1.55. The molecule has 4 nitrogen and oxygen atoms in total. The van der Waals surface area contributed by atoms with Crippen molar-refractivity contribution >= 4 is 11.6 Å². The Bertz CT molecular complexity index is 493. The van der Waals surface area contributed by atoms with Gasteiger partial charge in [0.15, 0.2) is 0 Å². The molecule has 1 aliphatic heterocycles. The van der Waals surface area contributed by atoms with E-state index in [1.54, 1.807) is 0 Å². The molecular weight excluding hydrogens is 262 g/mol. The van der Waals surface area contributed by atoms with E-state index in [1.807, 2.05) is 24.3 Å². The molecule has 0 aromatic heterocycles. The predicted molar refractivity (Wildman–Crippen MR) is 85.7 cm³/mol. The summed E-state index contributed by atoms with van der Waals surface area (Å²) >= 11 is 0. The van der Waals surface area contributed by atoms with Crippen molar-refractivity contribution in [3.8, 4) is 0 Å². The van der Waals surface area contributed by atoms with E-state index in [4.69, 9.17) is 0 Å². The smallest absolute Gasteiger partial charge is 0.251 e. The van der Waals surface area contributed by atoms with Crippen LogP contribution in [0.25, 0.3) is 0 Å². The maximum Gasteiger partial charge on any atom is 0.251 e. The van der Waals surface area contributed by atoms with Gasteiger partial charge >= 0.3 is 0 Å². The predicted octanol–water partition coefficient (Wildman–Crippen LogP) is 2.52. The summed E-state index contributed by atoms with van der Waals surface area (Å²) in [5.41, 5.74) is 1.78. The Morgan fingerprint density at radius 1 is 1.38 bits per heavy atom. The minimum absolute atomic E-state index is 0.0475. The van der Waals surface area contributed by atoms with E-state index in [2.05, 4.69) is 22.9 Å². The number of carbonyl (C=O) groups is 1. The number of hydrogen-bond acceptors (Lipinski definition) is 3. The third-order valence-electron chi connectivity index (χ3n) is 4.25. The number of hydrogen-bond donors (Lipinski definition) is 3. The zero-order valence-electron chi connectivity index (χ0n) is 12.7. The molecule has 1 aromatic rings. The average Bonchev–Trinajstić information content (AvgIpc) is 3.13. The van der Waals surface area contributed by atoms with Crippen LogP contribution in [0.3, 0.4) is 0 Å². The first-order valence-electron chi connectivity index (χ1n) is 8.11. The van der Waals surface area contributed by atoms with Crippen molar-refractivity contribution < 1.29 is 4.79 Å². The first-order valence-corrected chi connectivity index (χ1v) is 8.11. The fraction of sp³-hybridized carbons (Fsp3) is 0.588. The third kappa shape index (κ3) is 4.21. The van der Waals surface area contributed by atoms with Gasteiger partial charge in [0, 0.05) is 29.4 Å². The molecule has 2 atom stereocenters. The summed E-state index contributed by atoms with van der Waals surface area (Å²) in [5.74, 6) is 0.0475. The molecule has 3 rings (SSSR count). The first-order chi connectivity index (χ1) is 10.2. The fourth-order valence-corrected chi connectivity index (χ4v) is 2.97. The average molecular weight is 287 g/mol. The SMILES string of the molecule is CC(CC1CCCN1)Nc1cccc(C(=O)NC2CC2)c1. The molecule has 21 heavy (non-hydrogen) atoms. The molecular formula is C17H25N3O. The second-order valence-electron chi connectivity index (χ2n) is 6.40. The van der Waals surface area contributed by atoms with Crippen LogP contribution < -0.4 is 16.0 Å². The molecule has 0 spiro atoms. The highest BCUT2D eigenvalue weighted by Gasteiger charge is 2.24. The molecule has 1 aliphatic carbocycles. The number of anilines is 1. The molecule has 1 heterocycles. The van der Waals surface area contributed by atoms with Gasteiger partial charge in [0.2, 0.25) is 0 Å². The van der Waals surface area contributed by atoms with E-state index in [9.17, 15) is 4.79 Å². The number of nitrogens with one attached hydrogen (secondary N) is 3. The summed E-state index contributed by atoms with van der Waals surface area (Å²) in [6.45, 7) is 3.35. The second kappa shape index (κ2) is 6.48. The van der Waals surface area contributed by atoms with Crippen LogP contribution in [0.15, 0.2) is 24.3 Å². The van der Waals surface area contributed by atoms with Crippen molar-refractivity contribution in [2.75, 3.05) is 11.9 Å². The van der Waals surface area contributed by atoms with Gasteiger partial charge in [0.05, 0.1) is 0 Å². The zero-order chi connectivity index (χ0) is 14.7. The summed E-state index contributed by atoms with van der Waals surface area (Å²) in [6, 6.07) is 9.26. The molecule has 2 fully saturated rings. The van der Waals surface area contributed by atoms with Crippen molar-refractivity contribution in [2.45, 2.75) is 57.2 Å². The highest BCUT2D eigenvalue weighted by molar-refractivity contribution is 5.95. The Labute approximate surface area is 126 Å². The van der Waals surface area contributed by atoms with Crippen molar-refractivity contribution in [3.63, 3.8) is 0 Å². The minimum Gasteiger partial charge on any atom is -0.383 e. The summed E-state index contributed by atoms with van der Waals surface area (Å²) in [6.07, 6.45) is 5.92. The lowest BCUT2D eigenvalue weighted by atomic mass is 10.1. The van der Waals surface area contributed by atoms with E-state index in [0.29, 0.717) is 18.1 Å². The van der Waals surface area contributed by atoms with E-state index < -0.39 is 0 Å². The van der Waals surface area contributed by atoms with E-state index in [1.165, 1.54) is 12.8 Å². The fourth-order valence-electron chi connectivity index (χ4n) is 2.97. The van der Waals surface area contributed by atoms with Gasteiger partial charge in [-0.15, -0.1) is 0 Å². The largest absolute Gasteiger partial charge is 0.383 e. The van der Waals surface area contributed by atoms with Crippen molar-refractivity contribution in [1.82, 2.24) is 10.6 Å². The molecule has 3 N–H and O–H groups in total. The van der Waals surface area contributed by atoms with Gasteiger partial charge in [0.25, 0.3) is 5.91 Å². The molecule has 0 radical (unpaired) electrons. The highest BCUT2D eigenvalue weighted by atomic mass is 16.1. The van der Waals surface area contributed by atoms with Gasteiger partial charge in [-0.1, -0.05) is 6.07 Å².